The van der Waals surface area contributed by atoms with Gasteiger partial charge in [-0.05, 0) is 12.1 Å². The summed E-state index contributed by atoms with van der Waals surface area (Å²) in [6.45, 7) is 1.09. The minimum absolute atomic E-state index is 0.493. The minimum atomic E-state index is 0.493. The third-order valence-corrected chi connectivity index (χ3v) is 2.85. The lowest BCUT2D eigenvalue weighted by molar-refractivity contribution is 0.472. The quantitative estimate of drug-likeness (QED) is 0.749. The van der Waals surface area contributed by atoms with Crippen LogP contribution in [0, 0.1) is 0 Å². The van der Waals surface area contributed by atoms with Gasteiger partial charge in [0.1, 0.15) is 12.2 Å². The fourth-order valence-electron chi connectivity index (χ4n) is 1.77. The number of benzene rings is 1. The molecular weight excluding hydrogens is 256 g/mol. The second-order valence-corrected chi connectivity index (χ2v) is 4.33. The highest BCUT2D eigenvalue weighted by molar-refractivity contribution is 5.51. The van der Waals surface area contributed by atoms with Crippen molar-refractivity contribution >= 4 is 0 Å². The molecule has 0 atom stereocenters. The molecule has 3 rings (SSSR count). The van der Waals surface area contributed by atoms with Crippen molar-refractivity contribution in [1.29, 1.82) is 0 Å². The van der Waals surface area contributed by atoms with E-state index in [4.69, 9.17) is 4.42 Å². The Morgan fingerprint density at radius 2 is 1.95 bits per heavy atom. The van der Waals surface area contributed by atoms with E-state index in [2.05, 4.69) is 25.7 Å². The Morgan fingerprint density at radius 1 is 1.10 bits per heavy atom. The smallest absolute Gasteiger partial charge is 0.247 e. The number of aryl methyl sites for hydroxylation is 1. The Morgan fingerprint density at radius 3 is 2.70 bits per heavy atom. The number of hydrogen-bond acceptors (Lipinski definition) is 6. The third-order valence-electron chi connectivity index (χ3n) is 2.85. The summed E-state index contributed by atoms with van der Waals surface area (Å²) in [4.78, 5) is 0. The number of nitrogens with zero attached hydrogens (tertiary/aromatic N) is 5. The molecule has 0 bridgehead atoms. The monoisotopic (exact) mass is 270 g/mol. The van der Waals surface area contributed by atoms with Gasteiger partial charge in [-0.3, -0.25) is 0 Å². The fraction of sp³-hybridized carbons (Fsp3) is 0.231. The zero-order chi connectivity index (χ0) is 13.8. The van der Waals surface area contributed by atoms with E-state index >= 15 is 0 Å². The molecule has 0 unspecified atom stereocenters. The summed E-state index contributed by atoms with van der Waals surface area (Å²) in [5.41, 5.74) is 0.916. The van der Waals surface area contributed by atoms with Crippen molar-refractivity contribution in [3.63, 3.8) is 0 Å². The summed E-state index contributed by atoms with van der Waals surface area (Å²) in [7, 11) is 1.90. The van der Waals surface area contributed by atoms with Crippen LogP contribution in [0.25, 0.3) is 11.5 Å². The molecule has 0 fully saturated rings. The Kier molecular flexibility index (Phi) is 3.51. The van der Waals surface area contributed by atoms with Crippen LogP contribution in [0.2, 0.25) is 0 Å². The maximum atomic E-state index is 5.59. The number of rotatable bonds is 5. The van der Waals surface area contributed by atoms with Gasteiger partial charge >= 0.3 is 0 Å². The van der Waals surface area contributed by atoms with Crippen LogP contribution in [0.15, 0.2) is 41.1 Å². The normalized spacial score (nSPS) is 10.8. The van der Waals surface area contributed by atoms with Crippen molar-refractivity contribution in [3.8, 4) is 11.5 Å². The van der Waals surface area contributed by atoms with Crippen LogP contribution in [0.5, 0.6) is 0 Å². The minimum Gasteiger partial charge on any atom is -0.419 e. The molecule has 0 saturated heterocycles. The Bertz CT molecular complexity index is 675. The lowest BCUT2D eigenvalue weighted by Gasteiger charge is -2.00. The van der Waals surface area contributed by atoms with Crippen molar-refractivity contribution in [1.82, 2.24) is 30.3 Å². The molecule has 7 nitrogen and oxygen atoms in total. The Hall–Kier alpha value is -2.54. The van der Waals surface area contributed by atoms with Gasteiger partial charge in [0.2, 0.25) is 11.8 Å². The fourth-order valence-corrected chi connectivity index (χ4v) is 1.77. The van der Waals surface area contributed by atoms with E-state index in [0.717, 1.165) is 11.4 Å². The van der Waals surface area contributed by atoms with Gasteiger partial charge in [-0.25, -0.2) is 0 Å². The molecule has 2 heterocycles. The molecule has 3 aromatic rings. The summed E-state index contributed by atoms with van der Waals surface area (Å²) < 4.78 is 7.45. The van der Waals surface area contributed by atoms with Crippen LogP contribution < -0.4 is 5.32 Å². The topological polar surface area (TPSA) is 81.7 Å². The van der Waals surface area contributed by atoms with Crippen LogP contribution in [0.1, 0.15) is 11.7 Å². The van der Waals surface area contributed by atoms with Crippen LogP contribution in [0.4, 0.5) is 0 Å². The van der Waals surface area contributed by atoms with E-state index in [-0.39, 0.29) is 0 Å². The summed E-state index contributed by atoms with van der Waals surface area (Å²) >= 11 is 0. The summed E-state index contributed by atoms with van der Waals surface area (Å²) in [6, 6.07) is 9.69. The molecule has 20 heavy (non-hydrogen) atoms. The molecule has 0 aliphatic rings. The summed E-state index contributed by atoms with van der Waals surface area (Å²) in [5, 5.41) is 19.0. The average Bonchev–Trinajstić information content (AvgIpc) is 3.10. The van der Waals surface area contributed by atoms with Gasteiger partial charge in [-0.15, -0.1) is 20.4 Å². The zero-order valence-corrected chi connectivity index (χ0v) is 11.0. The number of aromatic nitrogens is 5. The van der Waals surface area contributed by atoms with Gasteiger partial charge in [-0.2, -0.15) is 0 Å². The van der Waals surface area contributed by atoms with Crippen molar-refractivity contribution in [2.24, 2.45) is 7.05 Å². The maximum Gasteiger partial charge on any atom is 0.247 e. The standard InChI is InChI=1S/C13H14N6O/c1-19-9-15-16-11(19)7-14-8-12-17-18-13(20-12)10-5-3-2-4-6-10/h2-6,9,14H,7-8H2,1H3. The lowest BCUT2D eigenvalue weighted by atomic mass is 10.2. The van der Waals surface area contributed by atoms with Gasteiger partial charge in [0.05, 0.1) is 13.1 Å². The van der Waals surface area contributed by atoms with Gasteiger partial charge < -0.3 is 14.3 Å². The molecule has 0 aliphatic heterocycles. The number of hydrogen-bond donors (Lipinski definition) is 1. The van der Waals surface area contributed by atoms with Crippen LogP contribution >= 0.6 is 0 Å². The maximum absolute atomic E-state index is 5.59. The van der Waals surface area contributed by atoms with E-state index in [1.807, 2.05) is 41.9 Å². The first kappa shape index (κ1) is 12.5. The SMILES string of the molecule is Cn1cnnc1CNCc1nnc(-c2ccccc2)o1. The predicted octanol–water partition coefficient (Wildman–Crippen LogP) is 1.15. The molecule has 1 N–H and O–H groups in total. The van der Waals surface area contributed by atoms with E-state index in [1.165, 1.54) is 0 Å². The average molecular weight is 270 g/mol. The predicted molar refractivity (Wildman–Crippen MR) is 71.3 cm³/mol. The van der Waals surface area contributed by atoms with E-state index < -0.39 is 0 Å². The first-order chi connectivity index (χ1) is 9.83. The lowest BCUT2D eigenvalue weighted by Crippen LogP contribution is -2.15. The van der Waals surface area contributed by atoms with Crippen molar-refractivity contribution in [3.05, 3.63) is 48.4 Å². The molecule has 0 amide bonds. The van der Waals surface area contributed by atoms with Crippen molar-refractivity contribution in [2.75, 3.05) is 0 Å². The van der Waals surface area contributed by atoms with Gasteiger partial charge in [0, 0.05) is 12.6 Å². The zero-order valence-electron chi connectivity index (χ0n) is 11.0. The first-order valence-electron chi connectivity index (χ1n) is 6.24. The molecule has 102 valence electrons. The van der Waals surface area contributed by atoms with Gasteiger partial charge in [-0.1, -0.05) is 18.2 Å². The molecule has 0 spiro atoms. The molecule has 1 aromatic carbocycles. The molecular formula is C13H14N6O. The third kappa shape index (κ3) is 2.72. The molecule has 7 heteroatoms. The van der Waals surface area contributed by atoms with E-state index in [0.29, 0.717) is 24.9 Å². The van der Waals surface area contributed by atoms with Crippen molar-refractivity contribution in [2.45, 2.75) is 13.1 Å². The largest absolute Gasteiger partial charge is 0.419 e. The van der Waals surface area contributed by atoms with E-state index in [9.17, 15) is 0 Å². The molecule has 0 aliphatic carbocycles. The second kappa shape index (κ2) is 5.62. The van der Waals surface area contributed by atoms with Crippen LogP contribution in [-0.2, 0) is 20.1 Å². The second-order valence-electron chi connectivity index (χ2n) is 4.33. The number of nitrogens with one attached hydrogen (secondary N) is 1. The Balaban J connectivity index is 1.59. The first-order valence-corrected chi connectivity index (χ1v) is 6.24. The highest BCUT2D eigenvalue weighted by Crippen LogP contribution is 2.16. The summed E-state index contributed by atoms with van der Waals surface area (Å²) in [5.74, 6) is 1.93. The highest BCUT2D eigenvalue weighted by atomic mass is 16.4. The Labute approximate surface area is 115 Å². The van der Waals surface area contributed by atoms with Crippen molar-refractivity contribution < 1.29 is 4.42 Å². The van der Waals surface area contributed by atoms with Gasteiger partial charge in [0.15, 0.2) is 0 Å². The summed E-state index contributed by atoms with van der Waals surface area (Å²) in [6.07, 6.45) is 1.66. The van der Waals surface area contributed by atoms with Crippen LogP contribution in [-0.4, -0.2) is 25.0 Å². The van der Waals surface area contributed by atoms with Gasteiger partial charge in [0.25, 0.3) is 0 Å². The van der Waals surface area contributed by atoms with E-state index in [1.54, 1.807) is 6.33 Å². The molecule has 0 radical (unpaired) electrons. The molecule has 0 saturated carbocycles. The highest BCUT2D eigenvalue weighted by Gasteiger charge is 2.08. The molecule has 2 aromatic heterocycles. The van der Waals surface area contributed by atoms with Crippen LogP contribution in [0.3, 0.4) is 0 Å².